The van der Waals surface area contributed by atoms with Crippen molar-refractivity contribution in [1.82, 2.24) is 4.90 Å². The van der Waals surface area contributed by atoms with Crippen LogP contribution >= 0.6 is 11.3 Å². The molecule has 2 unspecified atom stereocenters. The Morgan fingerprint density at radius 3 is 3.00 bits per heavy atom. The van der Waals surface area contributed by atoms with Crippen LogP contribution in [0.3, 0.4) is 0 Å². The molecule has 0 aliphatic carbocycles. The molecule has 0 aromatic carbocycles. The SMILES string of the molecule is Cc1ccc(CCCC(=O)N2CCCC(C(C)O)C2)s1. The first kappa shape index (κ1) is 15.5. The molecule has 1 aliphatic heterocycles. The van der Waals surface area contributed by atoms with Gasteiger partial charge in [0.25, 0.3) is 0 Å². The maximum atomic E-state index is 12.2. The van der Waals surface area contributed by atoms with Gasteiger partial charge in [0.15, 0.2) is 0 Å². The van der Waals surface area contributed by atoms with Gasteiger partial charge < -0.3 is 10.0 Å². The number of piperidine rings is 1. The first-order chi connectivity index (χ1) is 9.56. The molecule has 3 nitrogen and oxygen atoms in total. The maximum absolute atomic E-state index is 12.2. The van der Waals surface area contributed by atoms with Gasteiger partial charge >= 0.3 is 0 Å². The Kier molecular flexibility index (Phi) is 5.61. The molecule has 0 bridgehead atoms. The molecular formula is C16H25NO2S. The van der Waals surface area contributed by atoms with Crippen LogP contribution in [0.5, 0.6) is 0 Å². The van der Waals surface area contributed by atoms with Crippen LogP contribution in [0.15, 0.2) is 12.1 Å². The van der Waals surface area contributed by atoms with Gasteiger partial charge in [-0.05, 0) is 51.7 Å². The van der Waals surface area contributed by atoms with E-state index < -0.39 is 0 Å². The Morgan fingerprint density at radius 2 is 2.35 bits per heavy atom. The van der Waals surface area contributed by atoms with Crippen molar-refractivity contribution >= 4 is 17.2 Å². The lowest BCUT2D eigenvalue weighted by Crippen LogP contribution is -2.42. The van der Waals surface area contributed by atoms with Crippen molar-refractivity contribution in [3.05, 3.63) is 21.9 Å². The van der Waals surface area contributed by atoms with Crippen molar-refractivity contribution in [3.63, 3.8) is 0 Å². The summed E-state index contributed by atoms with van der Waals surface area (Å²) in [6.45, 7) is 5.54. The quantitative estimate of drug-likeness (QED) is 0.907. The van der Waals surface area contributed by atoms with Crippen molar-refractivity contribution in [2.75, 3.05) is 13.1 Å². The lowest BCUT2D eigenvalue weighted by Gasteiger charge is -2.34. The summed E-state index contributed by atoms with van der Waals surface area (Å²) >= 11 is 1.82. The number of nitrogens with zero attached hydrogens (tertiary/aromatic N) is 1. The summed E-state index contributed by atoms with van der Waals surface area (Å²) < 4.78 is 0. The summed E-state index contributed by atoms with van der Waals surface area (Å²) in [4.78, 5) is 16.9. The summed E-state index contributed by atoms with van der Waals surface area (Å²) in [6.07, 6.45) is 4.30. The molecule has 2 rings (SSSR count). The van der Waals surface area contributed by atoms with E-state index in [1.165, 1.54) is 9.75 Å². The number of aliphatic hydroxyl groups is 1. The lowest BCUT2D eigenvalue weighted by atomic mass is 9.93. The normalized spacial score (nSPS) is 20.9. The number of rotatable bonds is 5. The zero-order valence-electron chi connectivity index (χ0n) is 12.5. The van der Waals surface area contributed by atoms with Crippen molar-refractivity contribution in [2.24, 2.45) is 5.92 Å². The zero-order valence-corrected chi connectivity index (χ0v) is 13.3. The largest absolute Gasteiger partial charge is 0.393 e. The molecule has 0 spiro atoms. The molecular weight excluding hydrogens is 270 g/mol. The summed E-state index contributed by atoms with van der Waals surface area (Å²) in [6, 6.07) is 4.30. The number of aryl methyl sites for hydroxylation is 2. The number of thiophene rings is 1. The van der Waals surface area contributed by atoms with E-state index in [9.17, 15) is 9.90 Å². The van der Waals surface area contributed by atoms with E-state index in [1.807, 2.05) is 23.2 Å². The Bertz CT molecular complexity index is 441. The summed E-state index contributed by atoms with van der Waals surface area (Å²) in [5.74, 6) is 0.510. The van der Waals surface area contributed by atoms with Gasteiger partial charge in [-0.15, -0.1) is 11.3 Å². The molecule has 0 radical (unpaired) electrons. The smallest absolute Gasteiger partial charge is 0.222 e. The number of amides is 1. The summed E-state index contributed by atoms with van der Waals surface area (Å²) in [7, 11) is 0. The van der Waals surface area contributed by atoms with E-state index in [0.29, 0.717) is 6.42 Å². The fourth-order valence-electron chi connectivity index (χ4n) is 2.82. The molecule has 1 aliphatic rings. The molecule has 1 aromatic rings. The molecule has 2 heterocycles. The van der Waals surface area contributed by atoms with Crippen LogP contribution < -0.4 is 0 Å². The van der Waals surface area contributed by atoms with Crippen LogP contribution in [0.1, 0.15) is 42.4 Å². The minimum Gasteiger partial charge on any atom is -0.393 e. The van der Waals surface area contributed by atoms with Gasteiger partial charge in [-0.3, -0.25) is 4.79 Å². The predicted octanol–water partition coefficient (Wildman–Crippen LogP) is 3.00. The molecule has 1 saturated heterocycles. The van der Waals surface area contributed by atoms with E-state index in [0.717, 1.165) is 38.8 Å². The van der Waals surface area contributed by atoms with Crippen molar-refractivity contribution in [1.29, 1.82) is 0 Å². The second-order valence-corrected chi connectivity index (χ2v) is 7.22. The third-order valence-corrected chi connectivity index (χ3v) is 5.16. The van der Waals surface area contributed by atoms with Gasteiger partial charge in [0.1, 0.15) is 0 Å². The van der Waals surface area contributed by atoms with Crippen LogP contribution in [0, 0.1) is 12.8 Å². The lowest BCUT2D eigenvalue weighted by molar-refractivity contribution is -0.133. The topological polar surface area (TPSA) is 40.5 Å². The highest BCUT2D eigenvalue weighted by molar-refractivity contribution is 7.11. The first-order valence-corrected chi connectivity index (χ1v) is 8.39. The van der Waals surface area contributed by atoms with Crippen LogP contribution in [0.2, 0.25) is 0 Å². The number of hydrogen-bond acceptors (Lipinski definition) is 3. The maximum Gasteiger partial charge on any atom is 0.222 e. The second kappa shape index (κ2) is 7.23. The predicted molar refractivity (Wildman–Crippen MR) is 83.0 cm³/mol. The average molecular weight is 295 g/mol. The summed E-state index contributed by atoms with van der Waals surface area (Å²) in [5, 5.41) is 9.67. The molecule has 20 heavy (non-hydrogen) atoms. The highest BCUT2D eigenvalue weighted by Gasteiger charge is 2.25. The van der Waals surface area contributed by atoms with Gasteiger partial charge in [-0.25, -0.2) is 0 Å². The van der Waals surface area contributed by atoms with Crippen LogP contribution in [0.25, 0.3) is 0 Å². The number of hydrogen-bond donors (Lipinski definition) is 1. The fourth-order valence-corrected chi connectivity index (χ4v) is 3.75. The minimum absolute atomic E-state index is 0.253. The van der Waals surface area contributed by atoms with Gasteiger partial charge in [0.05, 0.1) is 6.10 Å². The number of likely N-dealkylation sites (tertiary alicyclic amines) is 1. The number of carbonyl (C=O) groups excluding carboxylic acids is 1. The van der Waals surface area contributed by atoms with E-state index in [4.69, 9.17) is 0 Å². The fraction of sp³-hybridized carbons (Fsp3) is 0.688. The van der Waals surface area contributed by atoms with Gasteiger partial charge in [-0.1, -0.05) is 0 Å². The Morgan fingerprint density at radius 1 is 1.55 bits per heavy atom. The highest BCUT2D eigenvalue weighted by Crippen LogP contribution is 2.21. The van der Waals surface area contributed by atoms with Gasteiger partial charge in [-0.2, -0.15) is 0 Å². The van der Waals surface area contributed by atoms with Crippen molar-refractivity contribution < 1.29 is 9.90 Å². The molecule has 0 saturated carbocycles. The molecule has 1 fully saturated rings. The van der Waals surface area contributed by atoms with Crippen molar-refractivity contribution in [3.8, 4) is 0 Å². The summed E-state index contributed by atoms with van der Waals surface area (Å²) in [5.41, 5.74) is 0. The molecule has 1 amide bonds. The van der Waals surface area contributed by atoms with E-state index in [1.54, 1.807) is 0 Å². The van der Waals surface area contributed by atoms with Crippen LogP contribution in [0.4, 0.5) is 0 Å². The second-order valence-electron chi connectivity index (χ2n) is 5.85. The third kappa shape index (κ3) is 4.32. The standard InChI is InChI=1S/C16H25NO2S/c1-12-8-9-15(20-12)6-3-7-16(19)17-10-4-5-14(11-17)13(2)18/h8-9,13-14,18H,3-7,10-11H2,1-2H3. The molecule has 4 heteroatoms. The molecule has 1 aromatic heterocycles. The minimum atomic E-state index is -0.306. The van der Waals surface area contributed by atoms with E-state index in [-0.39, 0.29) is 17.9 Å². The van der Waals surface area contributed by atoms with E-state index in [2.05, 4.69) is 19.1 Å². The molecule has 1 N–H and O–H groups in total. The Balaban J connectivity index is 1.74. The number of carbonyl (C=O) groups is 1. The van der Waals surface area contributed by atoms with Gasteiger partial charge in [0.2, 0.25) is 5.91 Å². The zero-order chi connectivity index (χ0) is 14.5. The van der Waals surface area contributed by atoms with Crippen molar-refractivity contribution in [2.45, 2.75) is 52.1 Å². The van der Waals surface area contributed by atoms with Crippen LogP contribution in [-0.4, -0.2) is 35.1 Å². The molecule has 2 atom stereocenters. The molecule has 112 valence electrons. The first-order valence-electron chi connectivity index (χ1n) is 7.57. The Hall–Kier alpha value is -0.870. The highest BCUT2D eigenvalue weighted by atomic mass is 32.1. The van der Waals surface area contributed by atoms with Gasteiger partial charge in [0, 0.05) is 35.2 Å². The van der Waals surface area contributed by atoms with Crippen LogP contribution in [-0.2, 0) is 11.2 Å². The Labute approximate surface area is 125 Å². The van der Waals surface area contributed by atoms with E-state index >= 15 is 0 Å². The average Bonchev–Trinajstić information content (AvgIpc) is 2.84. The monoisotopic (exact) mass is 295 g/mol. The number of aliphatic hydroxyl groups excluding tert-OH is 1. The third-order valence-electron chi connectivity index (χ3n) is 4.10.